The molecular formula is C10H12BrFN2O2. The van der Waals surface area contributed by atoms with E-state index in [9.17, 15) is 9.18 Å². The molecule has 0 saturated heterocycles. The van der Waals surface area contributed by atoms with Gasteiger partial charge in [0, 0.05) is 17.6 Å². The highest BCUT2D eigenvalue weighted by Gasteiger charge is 2.05. The number of carbonyl (C=O) groups is 1. The second-order valence-electron chi connectivity index (χ2n) is 3.08. The number of hydrogen-bond acceptors (Lipinski definition) is 2. The molecule has 0 radical (unpaired) electrons. The van der Waals surface area contributed by atoms with Gasteiger partial charge in [-0.15, -0.1) is 0 Å². The number of amides is 2. The summed E-state index contributed by atoms with van der Waals surface area (Å²) in [6.07, 6.45) is 0.498. The van der Waals surface area contributed by atoms with Crippen LogP contribution in [0.25, 0.3) is 0 Å². The highest BCUT2D eigenvalue weighted by Crippen LogP contribution is 2.22. The van der Waals surface area contributed by atoms with E-state index in [1.807, 2.05) is 0 Å². The van der Waals surface area contributed by atoms with Crippen LogP contribution in [0.2, 0.25) is 0 Å². The van der Waals surface area contributed by atoms with Crippen molar-refractivity contribution in [3.05, 3.63) is 28.5 Å². The van der Waals surface area contributed by atoms with Crippen LogP contribution in [0.4, 0.5) is 14.9 Å². The van der Waals surface area contributed by atoms with Crippen molar-refractivity contribution in [2.45, 2.75) is 6.42 Å². The molecule has 0 bridgehead atoms. The molecule has 0 aromatic heterocycles. The summed E-state index contributed by atoms with van der Waals surface area (Å²) in [6.45, 7) is 0.418. The molecule has 0 aliphatic carbocycles. The molecule has 0 atom stereocenters. The van der Waals surface area contributed by atoms with E-state index in [2.05, 4.69) is 26.6 Å². The first-order chi connectivity index (χ1) is 7.63. The number of nitrogens with one attached hydrogen (secondary N) is 2. The lowest BCUT2D eigenvalue weighted by Crippen LogP contribution is -2.30. The maximum absolute atomic E-state index is 12.7. The van der Waals surface area contributed by atoms with E-state index >= 15 is 0 Å². The van der Waals surface area contributed by atoms with Crippen LogP contribution in [0.5, 0.6) is 0 Å². The van der Waals surface area contributed by atoms with Crippen molar-refractivity contribution in [1.82, 2.24) is 5.32 Å². The second kappa shape index (κ2) is 6.44. The monoisotopic (exact) mass is 290 g/mol. The molecule has 0 spiro atoms. The topological polar surface area (TPSA) is 61.4 Å². The van der Waals surface area contributed by atoms with Gasteiger partial charge in [0.15, 0.2) is 0 Å². The maximum atomic E-state index is 12.7. The predicted molar refractivity (Wildman–Crippen MR) is 62.8 cm³/mol. The molecule has 16 heavy (non-hydrogen) atoms. The minimum atomic E-state index is -0.388. The Balaban J connectivity index is 2.49. The number of urea groups is 1. The first kappa shape index (κ1) is 12.9. The number of aliphatic hydroxyl groups excluding tert-OH is 1. The van der Waals surface area contributed by atoms with Crippen molar-refractivity contribution in [1.29, 1.82) is 0 Å². The second-order valence-corrected chi connectivity index (χ2v) is 3.94. The number of aliphatic hydroxyl groups is 1. The van der Waals surface area contributed by atoms with Crippen LogP contribution >= 0.6 is 15.9 Å². The lowest BCUT2D eigenvalue weighted by molar-refractivity contribution is 0.249. The zero-order valence-electron chi connectivity index (χ0n) is 8.46. The SMILES string of the molecule is O=C(NCCCO)Nc1ccc(F)cc1Br. The lowest BCUT2D eigenvalue weighted by Gasteiger charge is -2.08. The number of benzene rings is 1. The molecule has 6 heteroatoms. The van der Waals surface area contributed by atoms with Crippen molar-refractivity contribution in [2.24, 2.45) is 0 Å². The van der Waals surface area contributed by atoms with Gasteiger partial charge in [-0.2, -0.15) is 0 Å². The molecule has 3 N–H and O–H groups in total. The summed E-state index contributed by atoms with van der Waals surface area (Å²) in [5.74, 6) is -0.377. The van der Waals surface area contributed by atoms with Crippen LogP contribution in [0.1, 0.15) is 6.42 Å². The van der Waals surface area contributed by atoms with Gasteiger partial charge in [-0.05, 0) is 40.5 Å². The average Bonchev–Trinajstić information content (AvgIpc) is 2.23. The third kappa shape index (κ3) is 4.16. The normalized spacial score (nSPS) is 9.94. The third-order valence-corrected chi connectivity index (χ3v) is 2.46. The largest absolute Gasteiger partial charge is 0.396 e. The summed E-state index contributed by atoms with van der Waals surface area (Å²) in [7, 11) is 0. The van der Waals surface area contributed by atoms with Crippen LogP contribution < -0.4 is 10.6 Å². The van der Waals surface area contributed by atoms with Gasteiger partial charge >= 0.3 is 6.03 Å². The number of anilines is 1. The fourth-order valence-corrected chi connectivity index (χ4v) is 1.49. The molecule has 0 heterocycles. The van der Waals surface area contributed by atoms with Crippen LogP contribution in [-0.2, 0) is 0 Å². The molecule has 0 fully saturated rings. The van der Waals surface area contributed by atoms with E-state index in [-0.39, 0.29) is 18.5 Å². The maximum Gasteiger partial charge on any atom is 0.319 e. The fourth-order valence-electron chi connectivity index (χ4n) is 1.04. The van der Waals surface area contributed by atoms with Crippen LogP contribution in [-0.4, -0.2) is 24.3 Å². The molecule has 1 rings (SSSR count). The summed E-state index contributed by atoms with van der Waals surface area (Å²) in [6, 6.07) is 3.60. The summed E-state index contributed by atoms with van der Waals surface area (Å²) in [5.41, 5.74) is 0.489. The van der Waals surface area contributed by atoms with Gasteiger partial charge in [-0.3, -0.25) is 0 Å². The number of rotatable bonds is 4. The van der Waals surface area contributed by atoms with Gasteiger partial charge in [0.2, 0.25) is 0 Å². The molecule has 88 valence electrons. The van der Waals surface area contributed by atoms with Crippen molar-refractivity contribution in [3.63, 3.8) is 0 Å². The molecule has 0 aliphatic heterocycles. The Kier molecular flexibility index (Phi) is 5.21. The number of halogens is 2. The Labute approximate surface area is 101 Å². The smallest absolute Gasteiger partial charge is 0.319 e. The van der Waals surface area contributed by atoms with Gasteiger partial charge in [0.25, 0.3) is 0 Å². The van der Waals surface area contributed by atoms with Gasteiger partial charge in [-0.1, -0.05) is 0 Å². The molecule has 1 aromatic rings. The highest BCUT2D eigenvalue weighted by atomic mass is 79.9. The quantitative estimate of drug-likeness (QED) is 0.744. The highest BCUT2D eigenvalue weighted by molar-refractivity contribution is 9.10. The Morgan fingerprint density at radius 1 is 1.50 bits per heavy atom. The molecular weight excluding hydrogens is 279 g/mol. The molecule has 1 aromatic carbocycles. The summed E-state index contributed by atoms with van der Waals surface area (Å²) in [5, 5.41) is 13.6. The van der Waals surface area contributed by atoms with Crippen molar-refractivity contribution >= 4 is 27.6 Å². The fraction of sp³-hybridized carbons (Fsp3) is 0.300. The van der Waals surface area contributed by atoms with Crippen molar-refractivity contribution < 1.29 is 14.3 Å². The van der Waals surface area contributed by atoms with Crippen molar-refractivity contribution in [2.75, 3.05) is 18.5 Å². The van der Waals surface area contributed by atoms with Gasteiger partial charge < -0.3 is 15.7 Å². The first-order valence-corrected chi connectivity index (χ1v) is 5.53. The minimum Gasteiger partial charge on any atom is -0.396 e. The predicted octanol–water partition coefficient (Wildman–Crippen LogP) is 2.09. The van der Waals surface area contributed by atoms with E-state index in [1.165, 1.54) is 18.2 Å². The van der Waals surface area contributed by atoms with Crippen LogP contribution in [0, 0.1) is 5.82 Å². The van der Waals surface area contributed by atoms with E-state index in [0.717, 1.165) is 0 Å². The minimum absolute atomic E-state index is 0.0283. The summed E-state index contributed by atoms with van der Waals surface area (Å²) < 4.78 is 13.2. The Morgan fingerprint density at radius 2 is 2.25 bits per heavy atom. The Morgan fingerprint density at radius 3 is 2.88 bits per heavy atom. The summed E-state index contributed by atoms with van der Waals surface area (Å²) in [4.78, 5) is 11.3. The zero-order chi connectivity index (χ0) is 12.0. The molecule has 0 saturated carbocycles. The van der Waals surface area contributed by atoms with E-state index in [4.69, 9.17) is 5.11 Å². The Hall–Kier alpha value is -1.14. The standard InChI is InChI=1S/C10H12BrFN2O2/c11-8-6-7(12)2-3-9(8)14-10(16)13-4-1-5-15/h2-3,6,15H,1,4-5H2,(H2,13,14,16). The van der Waals surface area contributed by atoms with Gasteiger partial charge in [-0.25, -0.2) is 9.18 Å². The first-order valence-electron chi connectivity index (χ1n) is 4.74. The van der Waals surface area contributed by atoms with E-state index < -0.39 is 0 Å². The molecule has 4 nitrogen and oxygen atoms in total. The molecule has 0 aliphatic rings. The van der Waals surface area contributed by atoms with Crippen LogP contribution in [0.15, 0.2) is 22.7 Å². The van der Waals surface area contributed by atoms with Crippen LogP contribution in [0.3, 0.4) is 0 Å². The molecule has 0 unspecified atom stereocenters. The van der Waals surface area contributed by atoms with E-state index in [1.54, 1.807) is 0 Å². The molecule has 2 amide bonds. The lowest BCUT2D eigenvalue weighted by atomic mass is 10.3. The Bertz CT molecular complexity index is 374. The van der Waals surface area contributed by atoms with Gasteiger partial charge in [0.1, 0.15) is 5.82 Å². The summed E-state index contributed by atoms with van der Waals surface area (Å²) >= 11 is 3.13. The third-order valence-electron chi connectivity index (χ3n) is 1.80. The van der Waals surface area contributed by atoms with E-state index in [0.29, 0.717) is 23.1 Å². The zero-order valence-corrected chi connectivity index (χ0v) is 10.1. The van der Waals surface area contributed by atoms with Crippen molar-refractivity contribution in [3.8, 4) is 0 Å². The number of carbonyl (C=O) groups excluding carboxylic acids is 1. The average molecular weight is 291 g/mol. The van der Waals surface area contributed by atoms with Gasteiger partial charge in [0.05, 0.1) is 5.69 Å². The number of hydrogen-bond donors (Lipinski definition) is 3.